The number of hydrogen-bond donors (Lipinski definition) is 0. The zero-order valence-electron chi connectivity index (χ0n) is 19.8. The molecule has 2 fully saturated rings. The van der Waals surface area contributed by atoms with Crippen LogP contribution in [0.2, 0.25) is 0 Å². The summed E-state index contributed by atoms with van der Waals surface area (Å²) in [6.45, 7) is 5.48. The Balaban J connectivity index is 1.70. The van der Waals surface area contributed by atoms with Gasteiger partial charge in [0.15, 0.2) is 11.6 Å². The van der Waals surface area contributed by atoms with Crippen molar-refractivity contribution in [2.75, 3.05) is 27.3 Å². The van der Waals surface area contributed by atoms with E-state index in [0.717, 1.165) is 0 Å². The Labute approximate surface area is 197 Å². The molecule has 12 heteroatoms. The largest absolute Gasteiger partial charge is 0.508 e. The maximum atomic E-state index is 11.9. The Morgan fingerprint density at radius 3 is 2.82 bits per heavy atom. The number of aliphatic imine (C=N–C) groups is 1. The van der Waals surface area contributed by atoms with Gasteiger partial charge in [-0.1, -0.05) is 6.92 Å². The Morgan fingerprint density at radius 2 is 2.12 bits per heavy atom. The molecule has 0 N–H and O–H groups in total. The van der Waals surface area contributed by atoms with Gasteiger partial charge >= 0.3 is 6.16 Å². The molecular weight excluding hydrogens is 444 g/mol. The first-order chi connectivity index (χ1) is 16.2. The van der Waals surface area contributed by atoms with E-state index in [0.29, 0.717) is 23.4 Å². The average molecular weight is 473 g/mol. The predicted molar refractivity (Wildman–Crippen MR) is 118 cm³/mol. The summed E-state index contributed by atoms with van der Waals surface area (Å²) in [4.78, 5) is 22.3. The summed E-state index contributed by atoms with van der Waals surface area (Å²) in [6, 6.07) is 5.77. The minimum atomic E-state index is -1.58. The van der Waals surface area contributed by atoms with E-state index in [4.69, 9.17) is 23.7 Å². The summed E-state index contributed by atoms with van der Waals surface area (Å²) in [5, 5.41) is 14.7. The summed E-state index contributed by atoms with van der Waals surface area (Å²) < 4.78 is 30.2. The second kappa shape index (κ2) is 9.17. The second-order valence-corrected chi connectivity index (χ2v) is 8.74. The Kier molecular flexibility index (Phi) is 6.44. The molecule has 0 aliphatic carbocycles. The maximum Gasteiger partial charge on any atom is 0.508 e. The monoisotopic (exact) mass is 472 g/mol. The van der Waals surface area contributed by atoms with E-state index in [1.165, 1.54) is 6.33 Å². The van der Waals surface area contributed by atoms with Gasteiger partial charge in [-0.3, -0.25) is 0 Å². The van der Waals surface area contributed by atoms with E-state index < -0.39 is 35.9 Å². The molecule has 182 valence electrons. The van der Waals surface area contributed by atoms with Crippen LogP contribution >= 0.6 is 0 Å². The van der Waals surface area contributed by atoms with Crippen molar-refractivity contribution in [1.29, 1.82) is 5.26 Å². The highest BCUT2D eigenvalue weighted by molar-refractivity contribution is 5.71. The third kappa shape index (κ3) is 4.29. The van der Waals surface area contributed by atoms with Gasteiger partial charge in [0.05, 0.1) is 18.6 Å². The van der Waals surface area contributed by atoms with Crippen molar-refractivity contribution < 1.29 is 28.5 Å². The molecule has 0 amide bonds. The quantitative estimate of drug-likeness (QED) is 0.335. The van der Waals surface area contributed by atoms with Crippen LogP contribution in [0.3, 0.4) is 0 Å². The standard InChI is InChI=1S/C22H28N6O6/c1-6-9-30-20(29)31-10-15-17-18(34-21(2,3)33-17)22(11-23,32-15)16-8-7-14-19(25-13-27(4)5)24-12-26-28(14)16/h7-8,12-13,15,17-18H,6,9-10H2,1-5H3/t15-,17-,18-,22+/m1/s1. The Morgan fingerprint density at radius 1 is 1.32 bits per heavy atom. The molecule has 0 spiro atoms. The van der Waals surface area contributed by atoms with Crippen molar-refractivity contribution in [2.45, 2.75) is 56.9 Å². The molecule has 12 nitrogen and oxygen atoms in total. The van der Waals surface area contributed by atoms with Crippen molar-refractivity contribution in [3.8, 4) is 6.07 Å². The highest BCUT2D eigenvalue weighted by Crippen LogP contribution is 2.49. The van der Waals surface area contributed by atoms with Crippen LogP contribution in [0.25, 0.3) is 5.52 Å². The number of aromatic nitrogens is 3. The number of carbonyl (C=O) groups excluding carboxylic acids is 1. The lowest BCUT2D eigenvalue weighted by molar-refractivity contribution is -0.205. The molecule has 0 radical (unpaired) electrons. The van der Waals surface area contributed by atoms with Crippen molar-refractivity contribution in [1.82, 2.24) is 19.5 Å². The highest BCUT2D eigenvalue weighted by Gasteiger charge is 2.65. The number of carbonyl (C=O) groups is 1. The number of hydrogen-bond acceptors (Lipinski definition) is 10. The summed E-state index contributed by atoms with van der Waals surface area (Å²) in [6.07, 6.45) is 0.626. The van der Waals surface area contributed by atoms with Crippen LogP contribution < -0.4 is 0 Å². The number of rotatable bonds is 7. The van der Waals surface area contributed by atoms with Crippen LogP contribution in [0, 0.1) is 11.3 Å². The van der Waals surface area contributed by atoms with Gasteiger partial charge in [0.25, 0.3) is 0 Å². The topological polar surface area (TPSA) is 133 Å². The van der Waals surface area contributed by atoms with Gasteiger partial charge in [-0.15, -0.1) is 0 Å². The summed E-state index contributed by atoms with van der Waals surface area (Å²) in [7, 11) is 3.70. The summed E-state index contributed by atoms with van der Waals surface area (Å²) in [5.74, 6) is -0.536. The third-order valence-electron chi connectivity index (χ3n) is 5.41. The van der Waals surface area contributed by atoms with E-state index in [9.17, 15) is 10.1 Å². The molecule has 2 aliphatic rings. The molecule has 4 heterocycles. The summed E-state index contributed by atoms with van der Waals surface area (Å²) in [5.41, 5.74) is -0.559. The lowest BCUT2D eigenvalue weighted by atomic mass is 9.92. The maximum absolute atomic E-state index is 11.9. The molecule has 0 saturated carbocycles. The lowest BCUT2D eigenvalue weighted by Gasteiger charge is -2.28. The fourth-order valence-corrected chi connectivity index (χ4v) is 4.08. The lowest BCUT2D eigenvalue weighted by Crippen LogP contribution is -2.40. The smallest absolute Gasteiger partial charge is 0.434 e. The predicted octanol–water partition coefficient (Wildman–Crippen LogP) is 2.15. The first-order valence-corrected chi connectivity index (χ1v) is 11.0. The van der Waals surface area contributed by atoms with Gasteiger partial charge in [0, 0.05) is 14.1 Å². The van der Waals surface area contributed by atoms with Gasteiger partial charge in [-0.05, 0) is 32.4 Å². The number of nitrogens with zero attached hydrogens (tertiary/aromatic N) is 6. The van der Waals surface area contributed by atoms with Crippen molar-refractivity contribution >= 4 is 23.8 Å². The van der Waals surface area contributed by atoms with Crippen LogP contribution in [0.4, 0.5) is 10.6 Å². The van der Waals surface area contributed by atoms with Gasteiger partial charge in [-0.2, -0.15) is 10.4 Å². The molecule has 4 atom stereocenters. The molecule has 2 aromatic rings. The Bertz CT molecular complexity index is 1120. The average Bonchev–Trinajstić information content (AvgIpc) is 3.45. The van der Waals surface area contributed by atoms with E-state index in [-0.39, 0.29) is 13.2 Å². The van der Waals surface area contributed by atoms with Gasteiger partial charge < -0.3 is 28.6 Å². The first-order valence-electron chi connectivity index (χ1n) is 11.0. The van der Waals surface area contributed by atoms with E-state index >= 15 is 0 Å². The molecule has 2 aromatic heterocycles. The van der Waals surface area contributed by atoms with Crippen molar-refractivity contribution in [2.24, 2.45) is 4.99 Å². The molecule has 0 unspecified atom stereocenters. The van der Waals surface area contributed by atoms with E-state index in [1.807, 2.05) is 21.0 Å². The Hall–Kier alpha value is -3.27. The van der Waals surface area contributed by atoms with Crippen LogP contribution in [0.15, 0.2) is 23.5 Å². The fraction of sp³-hybridized carbons (Fsp3) is 0.591. The van der Waals surface area contributed by atoms with Gasteiger partial charge in [0.2, 0.25) is 5.60 Å². The third-order valence-corrected chi connectivity index (χ3v) is 5.41. The molecule has 4 rings (SSSR count). The minimum absolute atomic E-state index is 0.163. The van der Waals surface area contributed by atoms with Crippen molar-refractivity contribution in [3.63, 3.8) is 0 Å². The van der Waals surface area contributed by atoms with Crippen molar-refractivity contribution in [3.05, 3.63) is 24.2 Å². The van der Waals surface area contributed by atoms with Crippen LogP contribution in [0.5, 0.6) is 0 Å². The first kappa shape index (κ1) is 23.9. The zero-order chi connectivity index (χ0) is 24.5. The molecular formula is C22H28N6O6. The highest BCUT2D eigenvalue weighted by atomic mass is 16.8. The normalized spacial score (nSPS) is 27.6. The number of fused-ring (bicyclic) bond motifs is 2. The molecule has 34 heavy (non-hydrogen) atoms. The van der Waals surface area contributed by atoms with Crippen LogP contribution in [-0.4, -0.2) is 83.4 Å². The van der Waals surface area contributed by atoms with E-state index in [2.05, 4.69) is 21.1 Å². The number of ether oxygens (including phenoxy) is 5. The molecule has 0 aromatic carbocycles. The molecule has 2 saturated heterocycles. The van der Waals surface area contributed by atoms with Crippen LogP contribution in [-0.2, 0) is 29.3 Å². The van der Waals surface area contributed by atoms with Gasteiger partial charge in [-0.25, -0.2) is 19.3 Å². The van der Waals surface area contributed by atoms with Crippen LogP contribution in [0.1, 0.15) is 32.9 Å². The van der Waals surface area contributed by atoms with E-state index in [1.54, 1.807) is 41.7 Å². The second-order valence-electron chi connectivity index (χ2n) is 8.74. The minimum Gasteiger partial charge on any atom is -0.434 e. The zero-order valence-corrected chi connectivity index (χ0v) is 19.8. The fourth-order valence-electron chi connectivity index (χ4n) is 4.08. The summed E-state index contributed by atoms with van der Waals surface area (Å²) >= 11 is 0. The SMILES string of the molecule is CCCOC(=O)OC[C@H]1O[C@@](C#N)(c2ccc3c(N=CN(C)C)ncnn23)[C@@H]2OC(C)(C)O[C@@H]21. The molecule has 2 aliphatic heterocycles. The number of nitriles is 1. The van der Waals surface area contributed by atoms with Gasteiger partial charge in [0.1, 0.15) is 42.8 Å². The molecule has 0 bridgehead atoms.